The first-order valence-corrected chi connectivity index (χ1v) is 7.71. The number of carboxylic acids is 1. The minimum absolute atomic E-state index is 0.323. The van der Waals surface area contributed by atoms with Gasteiger partial charge in [0.2, 0.25) is 0 Å². The number of anilines is 1. The Morgan fingerprint density at radius 2 is 2.18 bits per heavy atom. The molecule has 0 bridgehead atoms. The zero-order valence-electron chi connectivity index (χ0n) is 12.6. The number of benzene rings is 1. The van der Waals surface area contributed by atoms with E-state index >= 15 is 0 Å². The van der Waals surface area contributed by atoms with E-state index in [1.165, 1.54) is 13.0 Å². The number of aromatic carboxylic acids is 1. The normalized spacial score (nSPS) is 24.9. The molecule has 2 aliphatic heterocycles. The van der Waals surface area contributed by atoms with Gasteiger partial charge >= 0.3 is 5.97 Å². The Hall–Kier alpha value is -2.14. The van der Waals surface area contributed by atoms with Crippen molar-refractivity contribution in [1.29, 1.82) is 0 Å². The molecule has 0 amide bonds. The summed E-state index contributed by atoms with van der Waals surface area (Å²) < 4.78 is 0. The van der Waals surface area contributed by atoms with Gasteiger partial charge < -0.3 is 14.9 Å². The number of aromatic nitrogens is 1. The van der Waals surface area contributed by atoms with Crippen LogP contribution < -0.4 is 4.90 Å². The number of carbonyl (C=O) groups is 1. The minimum atomic E-state index is -0.900. The van der Waals surface area contributed by atoms with Crippen LogP contribution in [0.15, 0.2) is 30.5 Å². The van der Waals surface area contributed by atoms with Crippen molar-refractivity contribution in [2.75, 3.05) is 31.6 Å². The molecule has 1 aromatic heterocycles. The number of rotatable bonds is 2. The summed E-state index contributed by atoms with van der Waals surface area (Å²) in [6.45, 7) is 3.21. The van der Waals surface area contributed by atoms with Gasteiger partial charge in [-0.05, 0) is 44.1 Å². The van der Waals surface area contributed by atoms with Crippen molar-refractivity contribution in [1.82, 2.24) is 9.88 Å². The Morgan fingerprint density at radius 3 is 2.95 bits per heavy atom. The van der Waals surface area contributed by atoms with Gasteiger partial charge in [0.15, 0.2) is 0 Å². The lowest BCUT2D eigenvalue weighted by Crippen LogP contribution is -2.32. The van der Waals surface area contributed by atoms with E-state index in [-0.39, 0.29) is 0 Å². The van der Waals surface area contributed by atoms with Crippen molar-refractivity contribution in [3.8, 4) is 0 Å². The van der Waals surface area contributed by atoms with Crippen LogP contribution >= 0.6 is 0 Å². The molecule has 2 aliphatic rings. The van der Waals surface area contributed by atoms with E-state index in [1.54, 1.807) is 18.3 Å². The highest BCUT2D eigenvalue weighted by atomic mass is 16.4. The quantitative estimate of drug-likeness (QED) is 0.919. The largest absolute Gasteiger partial charge is 0.478 e. The molecular formula is C17H19N3O2. The molecule has 114 valence electrons. The summed E-state index contributed by atoms with van der Waals surface area (Å²) in [6, 6.07) is 7.88. The lowest BCUT2D eigenvalue weighted by Gasteiger charge is -2.23. The Kier molecular flexibility index (Phi) is 3.04. The molecule has 0 radical (unpaired) electrons. The van der Waals surface area contributed by atoms with Gasteiger partial charge in [-0.3, -0.25) is 4.98 Å². The molecule has 4 rings (SSSR count). The van der Waals surface area contributed by atoms with Crippen LogP contribution in [0.3, 0.4) is 0 Å². The maximum Gasteiger partial charge on any atom is 0.336 e. The maximum absolute atomic E-state index is 11.4. The number of hydrogen-bond donors (Lipinski definition) is 1. The lowest BCUT2D eigenvalue weighted by molar-refractivity contribution is 0.0699. The van der Waals surface area contributed by atoms with Crippen molar-refractivity contribution >= 4 is 22.6 Å². The third kappa shape index (κ3) is 1.96. The van der Waals surface area contributed by atoms with Gasteiger partial charge in [0.25, 0.3) is 0 Å². The first-order valence-electron chi connectivity index (χ1n) is 7.71. The fraction of sp³-hybridized carbons (Fsp3) is 0.412. The summed E-state index contributed by atoms with van der Waals surface area (Å²) in [6.07, 6.45) is 2.98. The molecule has 22 heavy (non-hydrogen) atoms. The van der Waals surface area contributed by atoms with Crippen LogP contribution in [0.1, 0.15) is 16.8 Å². The zero-order chi connectivity index (χ0) is 15.3. The van der Waals surface area contributed by atoms with Crippen LogP contribution in [0.5, 0.6) is 0 Å². The molecule has 0 unspecified atom stereocenters. The number of pyridine rings is 1. The van der Waals surface area contributed by atoms with E-state index in [0.717, 1.165) is 29.7 Å². The predicted octanol–water partition coefficient (Wildman–Crippen LogP) is 2.07. The van der Waals surface area contributed by atoms with Gasteiger partial charge in [0.1, 0.15) is 0 Å². The second-order valence-corrected chi connectivity index (χ2v) is 6.34. The van der Waals surface area contributed by atoms with Crippen LogP contribution in [0.25, 0.3) is 10.9 Å². The van der Waals surface area contributed by atoms with Crippen molar-refractivity contribution in [2.24, 2.45) is 5.92 Å². The summed E-state index contributed by atoms with van der Waals surface area (Å²) >= 11 is 0. The highest BCUT2D eigenvalue weighted by Gasteiger charge is 2.40. The standard InChI is InChI=1S/C17H19N3O2/c1-19-8-6-11-9-20(10-15(11)19)14-5-4-13(17(21)22)12-3-2-7-18-16(12)14/h2-5,7,11,15H,6,8-10H2,1H3,(H,21,22)/t11-,15+/m1/s1. The summed E-state index contributed by atoms with van der Waals surface area (Å²) in [5.41, 5.74) is 2.18. The SMILES string of the molecule is CN1CC[C@@H]2CN(c3ccc(C(=O)O)c4cccnc34)C[C@@H]21. The number of nitrogens with zero attached hydrogens (tertiary/aromatic N) is 3. The Labute approximate surface area is 129 Å². The maximum atomic E-state index is 11.4. The number of carboxylic acid groups (broad SMARTS) is 1. The third-order valence-corrected chi connectivity index (χ3v) is 5.14. The van der Waals surface area contributed by atoms with E-state index in [9.17, 15) is 9.90 Å². The van der Waals surface area contributed by atoms with Gasteiger partial charge in [-0.15, -0.1) is 0 Å². The summed E-state index contributed by atoms with van der Waals surface area (Å²) in [5, 5.41) is 10.1. The molecule has 0 spiro atoms. The van der Waals surface area contributed by atoms with E-state index in [4.69, 9.17) is 0 Å². The number of hydrogen-bond acceptors (Lipinski definition) is 4. The van der Waals surface area contributed by atoms with Crippen LogP contribution in [-0.4, -0.2) is 53.7 Å². The molecule has 2 aromatic rings. The molecule has 1 aromatic carbocycles. The number of likely N-dealkylation sites (N-methyl/N-ethyl adjacent to an activating group) is 1. The molecule has 2 saturated heterocycles. The Morgan fingerprint density at radius 1 is 1.32 bits per heavy atom. The highest BCUT2D eigenvalue weighted by Crippen LogP contribution is 2.36. The smallest absolute Gasteiger partial charge is 0.336 e. The average Bonchev–Trinajstić information content (AvgIpc) is 3.08. The fourth-order valence-electron chi connectivity index (χ4n) is 3.97. The second kappa shape index (κ2) is 4.95. The molecule has 0 saturated carbocycles. The van der Waals surface area contributed by atoms with E-state index in [2.05, 4.69) is 21.8 Å². The molecule has 0 aliphatic carbocycles. The van der Waals surface area contributed by atoms with E-state index in [0.29, 0.717) is 17.5 Å². The van der Waals surface area contributed by atoms with E-state index in [1.807, 2.05) is 12.1 Å². The molecule has 2 fully saturated rings. The van der Waals surface area contributed by atoms with Gasteiger partial charge in [-0.1, -0.05) is 6.07 Å². The summed E-state index contributed by atoms with van der Waals surface area (Å²) in [7, 11) is 2.19. The number of fused-ring (bicyclic) bond motifs is 2. The Bertz CT molecular complexity index is 746. The van der Waals surface area contributed by atoms with Crippen LogP contribution in [0.4, 0.5) is 5.69 Å². The van der Waals surface area contributed by atoms with Crippen molar-refractivity contribution in [3.05, 3.63) is 36.0 Å². The topological polar surface area (TPSA) is 56.7 Å². The average molecular weight is 297 g/mol. The minimum Gasteiger partial charge on any atom is -0.478 e. The van der Waals surface area contributed by atoms with Crippen molar-refractivity contribution in [3.63, 3.8) is 0 Å². The first kappa shape index (κ1) is 13.5. The summed E-state index contributed by atoms with van der Waals surface area (Å²) in [5.74, 6) is -0.189. The molecule has 5 nitrogen and oxygen atoms in total. The highest BCUT2D eigenvalue weighted by molar-refractivity contribution is 6.06. The molecule has 2 atom stereocenters. The lowest BCUT2D eigenvalue weighted by atomic mass is 10.1. The van der Waals surface area contributed by atoms with Crippen LogP contribution in [0, 0.1) is 5.92 Å². The second-order valence-electron chi connectivity index (χ2n) is 6.34. The molecular weight excluding hydrogens is 278 g/mol. The monoisotopic (exact) mass is 297 g/mol. The zero-order valence-corrected chi connectivity index (χ0v) is 12.6. The van der Waals surface area contributed by atoms with Gasteiger partial charge in [-0.2, -0.15) is 0 Å². The fourth-order valence-corrected chi connectivity index (χ4v) is 3.97. The van der Waals surface area contributed by atoms with Gasteiger partial charge in [0, 0.05) is 30.7 Å². The van der Waals surface area contributed by atoms with Crippen LogP contribution in [-0.2, 0) is 0 Å². The third-order valence-electron chi connectivity index (χ3n) is 5.14. The van der Waals surface area contributed by atoms with Crippen LogP contribution in [0.2, 0.25) is 0 Å². The Balaban J connectivity index is 1.77. The van der Waals surface area contributed by atoms with Gasteiger partial charge in [-0.25, -0.2) is 4.79 Å². The number of likely N-dealkylation sites (tertiary alicyclic amines) is 1. The first-order chi connectivity index (χ1) is 10.6. The summed E-state index contributed by atoms with van der Waals surface area (Å²) in [4.78, 5) is 20.7. The molecule has 3 heterocycles. The molecule has 1 N–H and O–H groups in total. The van der Waals surface area contributed by atoms with Crippen molar-refractivity contribution in [2.45, 2.75) is 12.5 Å². The van der Waals surface area contributed by atoms with Crippen molar-refractivity contribution < 1.29 is 9.90 Å². The van der Waals surface area contributed by atoms with Gasteiger partial charge in [0.05, 0.1) is 16.8 Å². The van der Waals surface area contributed by atoms with E-state index < -0.39 is 5.97 Å². The predicted molar refractivity (Wildman–Crippen MR) is 85.4 cm³/mol. The molecule has 5 heteroatoms.